The van der Waals surface area contributed by atoms with E-state index in [1.165, 1.54) is 11.1 Å². The fourth-order valence-corrected chi connectivity index (χ4v) is 7.30. The molecule has 1 aromatic rings. The Morgan fingerprint density at radius 2 is 1.24 bits per heavy atom. The van der Waals surface area contributed by atoms with Gasteiger partial charge in [0.15, 0.2) is 11.5 Å². The molecule has 5 nitrogen and oxygen atoms in total. The van der Waals surface area contributed by atoms with Crippen molar-refractivity contribution in [1.29, 1.82) is 0 Å². The van der Waals surface area contributed by atoms with E-state index in [2.05, 4.69) is 61.5 Å². The molecule has 0 spiro atoms. The molecule has 190 valence electrons. The first-order valence-electron chi connectivity index (χ1n) is 12.7. The van der Waals surface area contributed by atoms with E-state index >= 15 is 0 Å². The van der Waals surface area contributed by atoms with Crippen molar-refractivity contribution in [3.63, 3.8) is 0 Å². The molecule has 2 rings (SSSR count). The molecule has 0 aliphatic carbocycles. The van der Waals surface area contributed by atoms with Crippen molar-refractivity contribution in [3.8, 4) is 11.5 Å². The second-order valence-corrected chi connectivity index (χ2v) is 15.7. The number of fused-ring (bicyclic) bond motifs is 1. The summed E-state index contributed by atoms with van der Waals surface area (Å²) >= 11 is 0.0880. The third-order valence-electron chi connectivity index (χ3n) is 4.92. The molecular formula is C27H49AlO5. The molecule has 33 heavy (non-hydrogen) atoms. The Morgan fingerprint density at radius 1 is 0.727 bits per heavy atom. The SMILES string of the molecule is CCCCOCCOCCOCc1cc2c(cc1CCC)OCO2.C[C](C)(C)[AlH][C](C)(C)C. The summed E-state index contributed by atoms with van der Waals surface area (Å²) in [6.45, 7) is 22.6. The summed E-state index contributed by atoms with van der Waals surface area (Å²) in [7, 11) is 0. The highest BCUT2D eigenvalue weighted by Crippen LogP contribution is 2.35. The molecule has 0 unspecified atom stereocenters. The molecule has 0 radical (unpaired) electrons. The number of unbranched alkanes of at least 4 members (excludes halogenated alkanes) is 1. The van der Waals surface area contributed by atoms with Crippen LogP contribution in [-0.4, -0.2) is 55.0 Å². The Bertz CT molecular complexity index is 637. The fraction of sp³-hybridized carbons (Fsp3) is 0.778. The third kappa shape index (κ3) is 15.0. The zero-order chi connectivity index (χ0) is 24.7. The van der Waals surface area contributed by atoms with Crippen molar-refractivity contribution in [3.05, 3.63) is 23.3 Å². The zero-order valence-corrected chi connectivity index (χ0v) is 24.1. The first kappa shape index (κ1) is 30.3. The smallest absolute Gasteiger partial charge is 0.250 e. The number of aryl methyl sites for hydroxylation is 1. The van der Waals surface area contributed by atoms with Gasteiger partial charge in [-0.1, -0.05) is 76.8 Å². The van der Waals surface area contributed by atoms with Gasteiger partial charge >= 0.3 is 0 Å². The minimum absolute atomic E-state index is 0.0880. The summed E-state index contributed by atoms with van der Waals surface area (Å²) < 4.78 is 28.9. The van der Waals surface area contributed by atoms with Crippen molar-refractivity contribution < 1.29 is 23.7 Å². The van der Waals surface area contributed by atoms with Crippen LogP contribution in [0, 0.1) is 0 Å². The quantitative estimate of drug-likeness (QED) is 0.236. The van der Waals surface area contributed by atoms with Crippen LogP contribution in [-0.2, 0) is 27.2 Å². The highest BCUT2D eigenvalue weighted by molar-refractivity contribution is 6.43. The molecule has 0 atom stereocenters. The van der Waals surface area contributed by atoms with Gasteiger partial charge in [-0.15, -0.1) is 0 Å². The van der Waals surface area contributed by atoms with Crippen molar-refractivity contribution in [2.75, 3.05) is 39.8 Å². The van der Waals surface area contributed by atoms with Crippen LogP contribution in [0.15, 0.2) is 12.1 Å². The molecular weight excluding hydrogens is 431 g/mol. The van der Waals surface area contributed by atoms with Gasteiger partial charge in [-0.2, -0.15) is 0 Å². The van der Waals surface area contributed by atoms with Gasteiger partial charge in [0.25, 0.3) is 15.2 Å². The Labute approximate surface area is 209 Å². The molecule has 0 saturated heterocycles. The number of ether oxygens (including phenoxy) is 5. The van der Waals surface area contributed by atoms with E-state index in [0.29, 0.717) is 48.4 Å². The second kappa shape index (κ2) is 16.0. The average molecular weight is 481 g/mol. The standard InChI is InChI=1S/C19H30O5.2C4H9.Al.H/c1-3-5-7-20-8-9-21-10-11-22-14-17-13-19-18(23-15-24-19)12-16(17)6-4-2;2*1-4(2)3;;/h12-13H,3-11,14-15H2,1-2H3;2*1-3H3;;. The van der Waals surface area contributed by atoms with Gasteiger partial charge in [-0.25, -0.2) is 0 Å². The molecule has 0 saturated carbocycles. The lowest BCUT2D eigenvalue weighted by molar-refractivity contribution is 0.0101. The minimum atomic E-state index is 0.0880. The zero-order valence-electron chi connectivity index (χ0n) is 22.7. The molecule has 6 heteroatoms. The van der Waals surface area contributed by atoms with Gasteiger partial charge in [0.2, 0.25) is 6.79 Å². The molecule has 0 aromatic heterocycles. The molecule has 1 aromatic carbocycles. The van der Waals surface area contributed by atoms with Crippen LogP contribution in [0.1, 0.15) is 85.8 Å². The van der Waals surface area contributed by atoms with Crippen LogP contribution in [0.5, 0.6) is 11.5 Å². The monoisotopic (exact) mass is 480 g/mol. The lowest BCUT2D eigenvalue weighted by atomic mass is 10.0. The fourth-order valence-electron chi connectivity index (χ4n) is 4.12. The normalized spacial score (nSPS) is 13.0. The van der Waals surface area contributed by atoms with E-state index in [0.717, 1.165) is 43.8 Å². The Morgan fingerprint density at radius 3 is 1.73 bits per heavy atom. The van der Waals surface area contributed by atoms with Crippen LogP contribution in [0.3, 0.4) is 0 Å². The van der Waals surface area contributed by atoms with E-state index in [9.17, 15) is 0 Å². The lowest BCUT2D eigenvalue weighted by Crippen LogP contribution is -2.18. The Balaban J connectivity index is 0.000000513. The largest absolute Gasteiger partial charge is 0.454 e. The van der Waals surface area contributed by atoms with Crippen LogP contribution in [0.25, 0.3) is 0 Å². The van der Waals surface area contributed by atoms with E-state index in [1.807, 2.05) is 6.07 Å². The maximum Gasteiger partial charge on any atom is 0.250 e. The van der Waals surface area contributed by atoms with Crippen molar-refractivity contribution >= 4 is 15.2 Å². The maximum absolute atomic E-state index is 5.75. The maximum atomic E-state index is 5.75. The van der Waals surface area contributed by atoms with Crippen LogP contribution < -0.4 is 9.47 Å². The van der Waals surface area contributed by atoms with Crippen LogP contribution >= 0.6 is 0 Å². The predicted molar refractivity (Wildman–Crippen MR) is 139 cm³/mol. The topological polar surface area (TPSA) is 46.2 Å². The minimum Gasteiger partial charge on any atom is -0.454 e. The van der Waals surface area contributed by atoms with Gasteiger partial charge in [0, 0.05) is 6.61 Å². The van der Waals surface area contributed by atoms with Gasteiger partial charge in [-0.05, 0) is 36.1 Å². The van der Waals surface area contributed by atoms with Gasteiger partial charge in [-0.3, -0.25) is 0 Å². The van der Waals surface area contributed by atoms with Crippen LogP contribution in [0.4, 0.5) is 0 Å². The number of hydrogen-bond donors (Lipinski definition) is 0. The highest BCUT2D eigenvalue weighted by atomic mass is 27.1. The molecule has 0 N–H and O–H groups in total. The van der Waals surface area contributed by atoms with Crippen LogP contribution in [0.2, 0.25) is 8.55 Å². The van der Waals surface area contributed by atoms with Crippen molar-refractivity contribution in [1.82, 2.24) is 0 Å². The summed E-state index contributed by atoms with van der Waals surface area (Å²) in [6.07, 6.45) is 4.38. The molecule has 0 bridgehead atoms. The average Bonchev–Trinajstić information content (AvgIpc) is 3.14. The summed E-state index contributed by atoms with van der Waals surface area (Å²) in [5.74, 6) is 1.66. The highest BCUT2D eigenvalue weighted by Gasteiger charge is 2.24. The van der Waals surface area contributed by atoms with E-state index in [-0.39, 0.29) is 15.2 Å². The first-order valence-corrected chi connectivity index (χ1v) is 14.1. The van der Waals surface area contributed by atoms with Crippen molar-refractivity contribution in [2.45, 2.75) is 96.2 Å². The number of rotatable bonds is 13. The predicted octanol–water partition coefficient (Wildman–Crippen LogP) is 6.58. The van der Waals surface area contributed by atoms with Gasteiger partial charge < -0.3 is 23.7 Å². The summed E-state index contributed by atoms with van der Waals surface area (Å²) in [6, 6.07) is 4.12. The number of hydrogen-bond acceptors (Lipinski definition) is 5. The Hall–Kier alpha value is -0.768. The van der Waals surface area contributed by atoms with Gasteiger partial charge in [0.05, 0.1) is 33.0 Å². The van der Waals surface area contributed by atoms with Gasteiger partial charge in [0.1, 0.15) is 0 Å². The van der Waals surface area contributed by atoms with E-state index in [4.69, 9.17) is 23.7 Å². The summed E-state index contributed by atoms with van der Waals surface area (Å²) in [5.41, 5.74) is 2.44. The lowest BCUT2D eigenvalue weighted by Gasteiger charge is -2.25. The van der Waals surface area contributed by atoms with E-state index in [1.54, 1.807) is 0 Å². The first-order chi connectivity index (χ1) is 15.6. The summed E-state index contributed by atoms with van der Waals surface area (Å²) in [5, 5.41) is 0. The molecule has 1 aliphatic rings. The molecule has 1 aliphatic heterocycles. The summed E-state index contributed by atoms with van der Waals surface area (Å²) in [4.78, 5) is 0. The second-order valence-electron chi connectivity index (χ2n) is 11.2. The molecule has 0 fully saturated rings. The third-order valence-corrected chi connectivity index (χ3v) is 7.04. The number of benzene rings is 1. The molecule has 1 heterocycles. The Kier molecular flexibility index (Phi) is 14.7. The van der Waals surface area contributed by atoms with E-state index < -0.39 is 0 Å². The van der Waals surface area contributed by atoms with Crippen molar-refractivity contribution in [2.24, 2.45) is 0 Å². The molecule has 0 amide bonds.